The Balaban J connectivity index is 2.00. The third-order valence-corrected chi connectivity index (χ3v) is 4.30. The van der Waals surface area contributed by atoms with Crippen LogP contribution >= 0.6 is 0 Å². The minimum Gasteiger partial charge on any atom is -0.354 e. The summed E-state index contributed by atoms with van der Waals surface area (Å²) in [5, 5.41) is 6.32. The van der Waals surface area contributed by atoms with Crippen molar-refractivity contribution in [3.63, 3.8) is 0 Å². The lowest BCUT2D eigenvalue weighted by molar-refractivity contribution is -0.126. The Morgan fingerprint density at radius 2 is 1.81 bits per heavy atom. The van der Waals surface area contributed by atoms with Gasteiger partial charge in [-0.15, -0.1) is 0 Å². The molecule has 3 nitrogen and oxygen atoms in total. The van der Waals surface area contributed by atoms with Crippen LogP contribution in [-0.4, -0.2) is 25.5 Å². The van der Waals surface area contributed by atoms with Crippen molar-refractivity contribution in [2.24, 2.45) is 0 Å². The van der Waals surface area contributed by atoms with Gasteiger partial charge < -0.3 is 10.6 Å². The van der Waals surface area contributed by atoms with E-state index in [1.54, 1.807) is 12.1 Å². The molecule has 0 saturated heterocycles. The van der Waals surface area contributed by atoms with E-state index >= 15 is 0 Å². The van der Waals surface area contributed by atoms with Crippen molar-refractivity contribution in [3.05, 3.63) is 35.6 Å². The highest BCUT2D eigenvalue weighted by Crippen LogP contribution is 2.41. The molecule has 0 unspecified atom stereocenters. The maximum Gasteiger partial charge on any atom is 0.230 e. The van der Waals surface area contributed by atoms with Crippen LogP contribution in [0.5, 0.6) is 0 Å². The van der Waals surface area contributed by atoms with Crippen LogP contribution < -0.4 is 10.6 Å². The SMILES string of the molecule is CCCNCCNC(=O)C1(c2ccc(F)cc2)CCCC1. The molecule has 21 heavy (non-hydrogen) atoms. The van der Waals surface area contributed by atoms with Crippen LogP contribution in [-0.2, 0) is 10.2 Å². The Morgan fingerprint density at radius 1 is 1.14 bits per heavy atom. The quantitative estimate of drug-likeness (QED) is 0.759. The molecule has 1 fully saturated rings. The molecule has 0 atom stereocenters. The molecule has 1 aromatic rings. The molecule has 2 N–H and O–H groups in total. The highest BCUT2D eigenvalue weighted by atomic mass is 19.1. The van der Waals surface area contributed by atoms with Crippen molar-refractivity contribution >= 4 is 5.91 Å². The largest absolute Gasteiger partial charge is 0.354 e. The molecule has 1 saturated carbocycles. The average Bonchev–Trinajstić information content (AvgIpc) is 2.98. The van der Waals surface area contributed by atoms with Crippen molar-refractivity contribution in [2.75, 3.05) is 19.6 Å². The zero-order chi connectivity index (χ0) is 15.1. The summed E-state index contributed by atoms with van der Waals surface area (Å²) in [6.45, 7) is 4.52. The van der Waals surface area contributed by atoms with Crippen LogP contribution in [0.4, 0.5) is 4.39 Å². The number of rotatable bonds is 7. The number of hydrogen-bond donors (Lipinski definition) is 2. The average molecular weight is 292 g/mol. The summed E-state index contributed by atoms with van der Waals surface area (Å²) in [7, 11) is 0. The molecule has 116 valence electrons. The molecule has 1 aliphatic carbocycles. The summed E-state index contributed by atoms with van der Waals surface area (Å²) in [5.41, 5.74) is 0.485. The third-order valence-electron chi connectivity index (χ3n) is 4.30. The van der Waals surface area contributed by atoms with Gasteiger partial charge in [-0.1, -0.05) is 31.9 Å². The lowest BCUT2D eigenvalue weighted by Gasteiger charge is -2.28. The summed E-state index contributed by atoms with van der Waals surface area (Å²) in [5.74, 6) is -0.166. The highest BCUT2D eigenvalue weighted by Gasteiger charge is 2.42. The number of benzene rings is 1. The lowest BCUT2D eigenvalue weighted by atomic mass is 9.78. The normalized spacial score (nSPS) is 16.9. The number of nitrogens with one attached hydrogen (secondary N) is 2. The van der Waals surface area contributed by atoms with E-state index in [2.05, 4.69) is 17.6 Å². The summed E-state index contributed by atoms with van der Waals surface area (Å²) >= 11 is 0. The van der Waals surface area contributed by atoms with Gasteiger partial charge in [0.2, 0.25) is 5.91 Å². The first-order valence-electron chi connectivity index (χ1n) is 7.94. The van der Waals surface area contributed by atoms with Crippen molar-refractivity contribution in [1.29, 1.82) is 0 Å². The third kappa shape index (κ3) is 3.82. The fourth-order valence-electron chi connectivity index (χ4n) is 3.13. The molecular formula is C17H25FN2O. The molecule has 0 heterocycles. The van der Waals surface area contributed by atoms with E-state index in [0.29, 0.717) is 6.54 Å². The summed E-state index contributed by atoms with van der Waals surface area (Å²) in [4.78, 5) is 12.7. The van der Waals surface area contributed by atoms with Crippen LogP contribution in [0.2, 0.25) is 0 Å². The van der Waals surface area contributed by atoms with Gasteiger partial charge in [-0.2, -0.15) is 0 Å². The number of carbonyl (C=O) groups is 1. The van der Waals surface area contributed by atoms with Gasteiger partial charge >= 0.3 is 0 Å². The summed E-state index contributed by atoms with van der Waals surface area (Å²) < 4.78 is 13.1. The second kappa shape index (κ2) is 7.55. The molecule has 1 aromatic carbocycles. The number of hydrogen-bond acceptors (Lipinski definition) is 2. The Morgan fingerprint density at radius 3 is 2.43 bits per heavy atom. The number of carbonyl (C=O) groups excluding carboxylic acids is 1. The van der Waals surface area contributed by atoms with Crippen molar-refractivity contribution in [3.8, 4) is 0 Å². The van der Waals surface area contributed by atoms with E-state index in [9.17, 15) is 9.18 Å². The first-order valence-corrected chi connectivity index (χ1v) is 7.94. The molecule has 0 aromatic heterocycles. The number of amides is 1. The van der Waals surface area contributed by atoms with Gasteiger partial charge in [-0.3, -0.25) is 4.79 Å². The second-order valence-corrected chi connectivity index (χ2v) is 5.80. The van der Waals surface area contributed by atoms with Crippen molar-refractivity contribution in [2.45, 2.75) is 44.4 Å². The lowest BCUT2D eigenvalue weighted by Crippen LogP contribution is -2.44. The van der Waals surface area contributed by atoms with Crippen LogP contribution in [0, 0.1) is 5.82 Å². The predicted octanol–water partition coefficient (Wildman–Crippen LogP) is 2.75. The zero-order valence-electron chi connectivity index (χ0n) is 12.8. The van der Waals surface area contributed by atoms with E-state index < -0.39 is 5.41 Å². The standard InChI is InChI=1S/C17H25FN2O/c1-2-11-19-12-13-20-16(21)17(9-3-4-10-17)14-5-7-15(18)8-6-14/h5-8,19H,2-4,9-13H2,1H3,(H,20,21). The van der Waals surface area contributed by atoms with Crippen LogP contribution in [0.15, 0.2) is 24.3 Å². The van der Waals surface area contributed by atoms with E-state index in [1.807, 2.05) is 0 Å². The second-order valence-electron chi connectivity index (χ2n) is 5.80. The van der Waals surface area contributed by atoms with Gasteiger partial charge in [0, 0.05) is 13.1 Å². The smallest absolute Gasteiger partial charge is 0.230 e. The first-order chi connectivity index (χ1) is 10.2. The minimum absolute atomic E-state index is 0.0879. The fourth-order valence-corrected chi connectivity index (χ4v) is 3.13. The van der Waals surface area contributed by atoms with Crippen LogP contribution in [0.25, 0.3) is 0 Å². The number of halogens is 1. The van der Waals surface area contributed by atoms with Crippen LogP contribution in [0.1, 0.15) is 44.6 Å². The predicted molar refractivity (Wildman–Crippen MR) is 82.7 cm³/mol. The Labute approximate surface area is 126 Å². The van der Waals surface area contributed by atoms with Crippen LogP contribution in [0.3, 0.4) is 0 Å². The molecule has 4 heteroatoms. The molecule has 0 spiro atoms. The van der Waals surface area contributed by atoms with E-state index in [-0.39, 0.29) is 11.7 Å². The summed E-state index contributed by atoms with van der Waals surface area (Å²) in [6.07, 6.45) is 4.91. The molecule has 0 aliphatic heterocycles. The zero-order valence-corrected chi connectivity index (χ0v) is 12.8. The molecule has 0 radical (unpaired) electrons. The maximum absolute atomic E-state index is 13.1. The first kappa shape index (κ1) is 16.0. The molecule has 1 amide bonds. The van der Waals surface area contributed by atoms with Crippen molar-refractivity contribution < 1.29 is 9.18 Å². The fraction of sp³-hybridized carbons (Fsp3) is 0.588. The van der Waals surface area contributed by atoms with Gasteiger partial charge in [0.15, 0.2) is 0 Å². The van der Waals surface area contributed by atoms with Gasteiger partial charge in [0.25, 0.3) is 0 Å². The van der Waals surface area contributed by atoms with E-state index in [4.69, 9.17) is 0 Å². The summed E-state index contributed by atoms with van der Waals surface area (Å²) in [6, 6.07) is 6.42. The maximum atomic E-state index is 13.1. The van der Waals surface area contributed by atoms with Gasteiger partial charge in [-0.25, -0.2) is 4.39 Å². The Hall–Kier alpha value is -1.42. The van der Waals surface area contributed by atoms with Crippen molar-refractivity contribution in [1.82, 2.24) is 10.6 Å². The molecular weight excluding hydrogens is 267 g/mol. The van der Waals surface area contributed by atoms with Gasteiger partial charge in [0.1, 0.15) is 5.82 Å². The molecule has 0 bridgehead atoms. The minimum atomic E-state index is -0.460. The molecule has 2 rings (SSSR count). The van der Waals surface area contributed by atoms with E-state index in [0.717, 1.165) is 50.8 Å². The van der Waals surface area contributed by atoms with E-state index in [1.165, 1.54) is 12.1 Å². The molecule has 1 aliphatic rings. The highest BCUT2D eigenvalue weighted by molar-refractivity contribution is 5.88. The monoisotopic (exact) mass is 292 g/mol. The van der Waals surface area contributed by atoms with Gasteiger partial charge in [-0.05, 0) is 43.5 Å². The topological polar surface area (TPSA) is 41.1 Å². The Kier molecular flexibility index (Phi) is 5.74. The van der Waals surface area contributed by atoms with Gasteiger partial charge in [0.05, 0.1) is 5.41 Å². The Bertz CT molecular complexity index is 452.